The second-order valence-corrected chi connectivity index (χ2v) is 3.45. The number of aromatic nitrogens is 1. The molecule has 0 saturated heterocycles. The molecule has 1 N–H and O–H groups in total. The number of alkyl halides is 3. The van der Waals surface area contributed by atoms with Gasteiger partial charge >= 0.3 is 12.3 Å². The molecule has 0 amide bonds. The standard InChI is InChI=1S/C11H8F3NO3/c1-17-10(16)8-5-15-9-3-2-6(4-7(8)9)18-11(12,13)14/h2-5,15H,1H3. The average molecular weight is 259 g/mol. The number of carbonyl (C=O) groups excluding carboxylic acids is 1. The van der Waals surface area contributed by atoms with Crippen LogP contribution in [0.4, 0.5) is 13.2 Å². The first-order valence-electron chi connectivity index (χ1n) is 4.86. The Morgan fingerprint density at radius 3 is 2.67 bits per heavy atom. The SMILES string of the molecule is COC(=O)c1c[nH]c2ccc(OC(F)(F)F)cc12. The lowest BCUT2D eigenvalue weighted by molar-refractivity contribution is -0.274. The lowest BCUT2D eigenvalue weighted by Crippen LogP contribution is -2.17. The van der Waals surface area contributed by atoms with Gasteiger partial charge in [-0.25, -0.2) is 4.79 Å². The molecule has 0 atom stereocenters. The van der Waals surface area contributed by atoms with E-state index < -0.39 is 12.3 Å². The second kappa shape index (κ2) is 4.25. The van der Waals surface area contributed by atoms with Crippen LogP contribution in [0.1, 0.15) is 10.4 Å². The van der Waals surface area contributed by atoms with E-state index in [-0.39, 0.29) is 11.3 Å². The first kappa shape index (κ1) is 12.3. The lowest BCUT2D eigenvalue weighted by Gasteiger charge is -2.08. The van der Waals surface area contributed by atoms with Crippen molar-refractivity contribution in [3.63, 3.8) is 0 Å². The molecule has 96 valence electrons. The van der Waals surface area contributed by atoms with E-state index in [0.717, 1.165) is 12.1 Å². The van der Waals surface area contributed by atoms with Gasteiger partial charge in [0.1, 0.15) is 5.75 Å². The molecule has 0 aliphatic heterocycles. The summed E-state index contributed by atoms with van der Waals surface area (Å²) in [5.41, 5.74) is 0.671. The fourth-order valence-electron chi connectivity index (χ4n) is 1.58. The van der Waals surface area contributed by atoms with Crippen LogP contribution in [0.25, 0.3) is 10.9 Å². The molecular weight excluding hydrogens is 251 g/mol. The maximum absolute atomic E-state index is 12.1. The van der Waals surface area contributed by atoms with Gasteiger partial charge < -0.3 is 14.5 Å². The fraction of sp³-hybridized carbons (Fsp3) is 0.182. The van der Waals surface area contributed by atoms with Crippen molar-refractivity contribution in [3.8, 4) is 5.75 Å². The largest absolute Gasteiger partial charge is 0.573 e. The lowest BCUT2D eigenvalue weighted by atomic mass is 10.1. The summed E-state index contributed by atoms with van der Waals surface area (Å²) in [4.78, 5) is 14.1. The number of benzene rings is 1. The molecule has 18 heavy (non-hydrogen) atoms. The number of nitrogens with one attached hydrogen (secondary N) is 1. The maximum atomic E-state index is 12.1. The van der Waals surface area contributed by atoms with Crippen molar-refractivity contribution in [1.82, 2.24) is 4.98 Å². The Kier molecular flexibility index (Phi) is 2.90. The highest BCUT2D eigenvalue weighted by Crippen LogP contribution is 2.28. The summed E-state index contributed by atoms with van der Waals surface area (Å²) in [7, 11) is 1.19. The molecule has 0 radical (unpaired) electrons. The number of methoxy groups -OCH3 is 1. The number of fused-ring (bicyclic) bond motifs is 1. The summed E-state index contributed by atoms with van der Waals surface area (Å²) in [6.45, 7) is 0. The van der Waals surface area contributed by atoms with Gasteiger partial charge in [-0.3, -0.25) is 0 Å². The zero-order valence-electron chi connectivity index (χ0n) is 9.17. The van der Waals surface area contributed by atoms with Crippen molar-refractivity contribution in [3.05, 3.63) is 30.0 Å². The number of H-pyrrole nitrogens is 1. The van der Waals surface area contributed by atoms with E-state index >= 15 is 0 Å². The van der Waals surface area contributed by atoms with Crippen LogP contribution in [0, 0.1) is 0 Å². The van der Waals surface area contributed by atoms with Gasteiger partial charge in [0.15, 0.2) is 0 Å². The Balaban J connectivity index is 2.45. The molecule has 1 aromatic carbocycles. The predicted octanol–water partition coefficient (Wildman–Crippen LogP) is 2.85. The number of esters is 1. The number of hydrogen-bond acceptors (Lipinski definition) is 3. The molecule has 0 aliphatic rings. The Morgan fingerprint density at radius 1 is 1.33 bits per heavy atom. The van der Waals surface area contributed by atoms with Gasteiger partial charge in [-0.2, -0.15) is 0 Å². The Hall–Kier alpha value is -2.18. The van der Waals surface area contributed by atoms with Crippen LogP contribution < -0.4 is 4.74 Å². The van der Waals surface area contributed by atoms with Crippen molar-refractivity contribution in [2.45, 2.75) is 6.36 Å². The van der Waals surface area contributed by atoms with Gasteiger partial charge in [0, 0.05) is 17.1 Å². The molecule has 0 spiro atoms. The van der Waals surface area contributed by atoms with E-state index in [2.05, 4.69) is 14.5 Å². The van der Waals surface area contributed by atoms with Crippen molar-refractivity contribution in [2.75, 3.05) is 7.11 Å². The molecule has 2 rings (SSSR count). The van der Waals surface area contributed by atoms with E-state index in [0.29, 0.717) is 10.9 Å². The monoisotopic (exact) mass is 259 g/mol. The Bertz CT molecular complexity index is 589. The Labute approximate surface area is 99.3 Å². The summed E-state index contributed by atoms with van der Waals surface area (Å²) < 4.78 is 44.5. The van der Waals surface area contributed by atoms with Crippen LogP contribution in [0.2, 0.25) is 0 Å². The molecular formula is C11H8F3NO3. The van der Waals surface area contributed by atoms with Crippen LogP contribution in [0.15, 0.2) is 24.4 Å². The smallest absolute Gasteiger partial charge is 0.465 e. The highest BCUT2D eigenvalue weighted by molar-refractivity contribution is 6.04. The van der Waals surface area contributed by atoms with Crippen molar-refractivity contribution < 1.29 is 27.4 Å². The molecule has 2 aromatic rings. The molecule has 0 aliphatic carbocycles. The average Bonchev–Trinajstić information content (AvgIpc) is 2.69. The number of ether oxygens (including phenoxy) is 2. The molecule has 0 bridgehead atoms. The molecule has 7 heteroatoms. The number of rotatable bonds is 2. The zero-order valence-corrected chi connectivity index (χ0v) is 9.17. The van der Waals surface area contributed by atoms with E-state index in [4.69, 9.17) is 0 Å². The van der Waals surface area contributed by atoms with Crippen molar-refractivity contribution in [1.29, 1.82) is 0 Å². The molecule has 0 fully saturated rings. The summed E-state index contributed by atoms with van der Waals surface area (Å²) in [6, 6.07) is 3.68. The summed E-state index contributed by atoms with van der Waals surface area (Å²) in [5.74, 6) is -1.02. The van der Waals surface area contributed by atoms with Crippen LogP contribution in [-0.2, 0) is 4.74 Å². The quantitative estimate of drug-likeness (QED) is 0.844. The summed E-state index contributed by atoms with van der Waals surface area (Å²) in [5, 5.41) is 0.309. The fourth-order valence-corrected chi connectivity index (χ4v) is 1.58. The third-order valence-corrected chi connectivity index (χ3v) is 2.29. The van der Waals surface area contributed by atoms with Crippen LogP contribution >= 0.6 is 0 Å². The molecule has 1 aromatic heterocycles. The van der Waals surface area contributed by atoms with Gasteiger partial charge in [0.25, 0.3) is 0 Å². The number of hydrogen-bond donors (Lipinski definition) is 1. The van der Waals surface area contributed by atoms with Crippen molar-refractivity contribution in [2.24, 2.45) is 0 Å². The van der Waals surface area contributed by atoms with Crippen molar-refractivity contribution >= 4 is 16.9 Å². The zero-order chi connectivity index (χ0) is 13.3. The van der Waals surface area contributed by atoms with E-state index in [1.54, 1.807) is 0 Å². The van der Waals surface area contributed by atoms with Crippen LogP contribution in [0.5, 0.6) is 5.75 Å². The van der Waals surface area contributed by atoms with Gasteiger partial charge in [0.2, 0.25) is 0 Å². The molecule has 1 heterocycles. The summed E-state index contributed by atoms with van der Waals surface area (Å²) >= 11 is 0. The molecule has 0 saturated carbocycles. The van der Waals surface area contributed by atoms with Gasteiger partial charge in [-0.15, -0.1) is 13.2 Å². The van der Waals surface area contributed by atoms with Crippen LogP contribution in [-0.4, -0.2) is 24.4 Å². The number of aromatic amines is 1. The van der Waals surface area contributed by atoms with Gasteiger partial charge in [-0.05, 0) is 18.2 Å². The minimum Gasteiger partial charge on any atom is -0.465 e. The van der Waals surface area contributed by atoms with Gasteiger partial charge in [-0.1, -0.05) is 0 Å². The maximum Gasteiger partial charge on any atom is 0.573 e. The minimum atomic E-state index is -4.77. The molecule has 4 nitrogen and oxygen atoms in total. The minimum absolute atomic E-state index is 0.153. The van der Waals surface area contributed by atoms with E-state index in [9.17, 15) is 18.0 Å². The summed E-state index contributed by atoms with van der Waals surface area (Å²) in [6.07, 6.45) is -3.40. The second-order valence-electron chi connectivity index (χ2n) is 3.45. The third-order valence-electron chi connectivity index (χ3n) is 2.29. The van der Waals surface area contributed by atoms with Crippen LogP contribution in [0.3, 0.4) is 0 Å². The third kappa shape index (κ3) is 2.39. The first-order valence-corrected chi connectivity index (χ1v) is 4.86. The Morgan fingerprint density at radius 2 is 2.06 bits per heavy atom. The molecule has 0 unspecified atom stereocenters. The normalized spacial score (nSPS) is 11.6. The highest BCUT2D eigenvalue weighted by atomic mass is 19.4. The van der Waals surface area contributed by atoms with E-state index in [1.165, 1.54) is 19.4 Å². The topological polar surface area (TPSA) is 51.3 Å². The predicted molar refractivity (Wildman–Crippen MR) is 56.3 cm³/mol. The number of halogens is 3. The van der Waals surface area contributed by atoms with E-state index in [1.807, 2.05) is 0 Å². The number of carbonyl (C=O) groups is 1. The van der Waals surface area contributed by atoms with Gasteiger partial charge in [0.05, 0.1) is 12.7 Å². The first-order chi connectivity index (χ1) is 8.40. The highest BCUT2D eigenvalue weighted by Gasteiger charge is 2.31.